The van der Waals surface area contributed by atoms with Crippen LogP contribution in [0, 0.1) is 5.92 Å². The van der Waals surface area contributed by atoms with Crippen LogP contribution in [0.15, 0.2) is 12.4 Å². The number of amides is 1. The normalized spacial score (nSPS) is 17.5. The Hall–Kier alpha value is -1.56. The Kier molecular flexibility index (Phi) is 4.79. The van der Waals surface area contributed by atoms with Gasteiger partial charge >= 0.3 is 0 Å². The number of nitrogens with one attached hydrogen (secondary N) is 1. The van der Waals surface area contributed by atoms with E-state index in [1.807, 2.05) is 0 Å². The molecule has 0 saturated carbocycles. The number of hydrogen-bond donors (Lipinski definition) is 2. The first-order valence-corrected chi connectivity index (χ1v) is 6.86. The molecule has 1 amide bonds. The molecule has 0 aromatic carbocycles. The lowest BCUT2D eigenvalue weighted by molar-refractivity contribution is -0.121. The molecule has 0 radical (unpaired) electrons. The van der Waals surface area contributed by atoms with Crippen LogP contribution < -0.4 is 11.1 Å². The number of nitrogens with two attached hydrogens (primary N) is 1. The van der Waals surface area contributed by atoms with Crippen molar-refractivity contribution in [2.45, 2.75) is 25.8 Å². The Labute approximate surface area is 113 Å². The monoisotopic (exact) mass is 265 g/mol. The van der Waals surface area contributed by atoms with Crippen molar-refractivity contribution < 1.29 is 4.79 Å². The summed E-state index contributed by atoms with van der Waals surface area (Å²) in [6.07, 6.45) is 6.76. The predicted molar refractivity (Wildman–Crippen MR) is 74.5 cm³/mol. The van der Waals surface area contributed by atoms with Crippen molar-refractivity contribution in [3.8, 4) is 0 Å². The lowest BCUT2D eigenvalue weighted by atomic mass is 9.94. The number of hydrogen-bond acceptors (Lipinski definition) is 4. The summed E-state index contributed by atoms with van der Waals surface area (Å²) in [5.74, 6) is 0.743. The molecule has 0 bridgehead atoms. The summed E-state index contributed by atoms with van der Waals surface area (Å²) in [7, 11) is 2.16. The zero-order valence-corrected chi connectivity index (χ0v) is 11.5. The van der Waals surface area contributed by atoms with Gasteiger partial charge in [0.15, 0.2) is 0 Å². The van der Waals surface area contributed by atoms with Crippen LogP contribution in [0.25, 0.3) is 0 Å². The van der Waals surface area contributed by atoms with Crippen LogP contribution in [0.2, 0.25) is 0 Å². The number of likely N-dealkylation sites (tertiary alicyclic amines) is 1. The Bertz CT molecular complexity index is 409. The van der Waals surface area contributed by atoms with Crippen LogP contribution >= 0.6 is 0 Å². The number of anilines is 1. The predicted octanol–water partition coefficient (Wildman–Crippen LogP) is 0.313. The number of nitrogens with zero attached hydrogens (tertiary/aromatic N) is 3. The number of piperidine rings is 1. The molecule has 0 spiro atoms. The minimum absolute atomic E-state index is 0.00368. The molecule has 2 rings (SSSR count). The first-order valence-electron chi connectivity index (χ1n) is 6.86. The lowest BCUT2D eigenvalue weighted by Crippen LogP contribution is -2.33. The second-order valence-corrected chi connectivity index (χ2v) is 5.36. The molecule has 1 aromatic rings. The number of carbonyl (C=O) groups is 1. The molecule has 1 aromatic heterocycles. The van der Waals surface area contributed by atoms with Gasteiger partial charge in [0.2, 0.25) is 5.91 Å². The summed E-state index contributed by atoms with van der Waals surface area (Å²) in [5, 5.41) is 6.93. The minimum atomic E-state index is -0.00368. The zero-order valence-electron chi connectivity index (χ0n) is 11.5. The fraction of sp³-hybridized carbons (Fsp3) is 0.692. The quantitative estimate of drug-likeness (QED) is 0.803. The number of carbonyl (C=O) groups excluding carboxylic acids is 1. The highest BCUT2D eigenvalue weighted by atomic mass is 16.2. The van der Waals surface area contributed by atoms with E-state index in [9.17, 15) is 4.79 Å². The van der Waals surface area contributed by atoms with E-state index in [4.69, 9.17) is 5.73 Å². The van der Waals surface area contributed by atoms with E-state index in [1.165, 1.54) is 25.9 Å². The van der Waals surface area contributed by atoms with Gasteiger partial charge in [-0.25, -0.2) is 0 Å². The molecule has 1 fully saturated rings. The topological polar surface area (TPSA) is 76.2 Å². The average Bonchev–Trinajstić information content (AvgIpc) is 2.77. The van der Waals surface area contributed by atoms with E-state index in [0.29, 0.717) is 5.69 Å². The van der Waals surface area contributed by atoms with Crippen LogP contribution in [-0.2, 0) is 11.3 Å². The van der Waals surface area contributed by atoms with E-state index >= 15 is 0 Å². The van der Waals surface area contributed by atoms with E-state index in [1.54, 1.807) is 17.1 Å². The second-order valence-electron chi connectivity index (χ2n) is 5.36. The van der Waals surface area contributed by atoms with Crippen molar-refractivity contribution in [2.24, 2.45) is 5.92 Å². The lowest BCUT2D eigenvalue weighted by Gasteiger charge is -2.28. The minimum Gasteiger partial charge on any atom is -0.396 e. The van der Waals surface area contributed by atoms with Gasteiger partial charge in [0.1, 0.15) is 6.54 Å². The number of aromatic nitrogens is 2. The van der Waals surface area contributed by atoms with Gasteiger partial charge in [-0.1, -0.05) is 0 Å². The Morgan fingerprint density at radius 3 is 2.89 bits per heavy atom. The van der Waals surface area contributed by atoms with Crippen molar-refractivity contribution in [3.05, 3.63) is 12.4 Å². The maximum Gasteiger partial charge on any atom is 0.241 e. The molecule has 0 unspecified atom stereocenters. The molecule has 6 heteroatoms. The first-order chi connectivity index (χ1) is 9.13. The van der Waals surface area contributed by atoms with Crippen molar-refractivity contribution in [3.63, 3.8) is 0 Å². The zero-order chi connectivity index (χ0) is 13.7. The van der Waals surface area contributed by atoms with E-state index in [-0.39, 0.29) is 12.5 Å². The molecular formula is C13H23N5O. The van der Waals surface area contributed by atoms with Crippen LogP contribution in [0.3, 0.4) is 0 Å². The molecule has 106 valence electrons. The van der Waals surface area contributed by atoms with Gasteiger partial charge in [-0.15, -0.1) is 0 Å². The molecule has 2 heterocycles. The Morgan fingerprint density at radius 2 is 2.26 bits per heavy atom. The second kappa shape index (κ2) is 6.56. The van der Waals surface area contributed by atoms with Crippen LogP contribution in [0.4, 0.5) is 5.69 Å². The maximum atomic E-state index is 11.7. The summed E-state index contributed by atoms with van der Waals surface area (Å²) in [4.78, 5) is 14.1. The summed E-state index contributed by atoms with van der Waals surface area (Å²) in [6.45, 7) is 3.34. The Morgan fingerprint density at radius 1 is 1.53 bits per heavy atom. The van der Waals surface area contributed by atoms with Gasteiger partial charge in [0.25, 0.3) is 0 Å². The molecule has 19 heavy (non-hydrogen) atoms. The third kappa shape index (κ3) is 4.55. The molecule has 3 N–H and O–H groups in total. The fourth-order valence-electron chi connectivity index (χ4n) is 2.44. The van der Waals surface area contributed by atoms with Gasteiger partial charge < -0.3 is 16.0 Å². The summed E-state index contributed by atoms with van der Waals surface area (Å²) in [5.41, 5.74) is 6.13. The molecular weight excluding hydrogens is 242 g/mol. The highest BCUT2D eigenvalue weighted by Crippen LogP contribution is 2.18. The standard InChI is InChI=1S/C13H23N5O/c1-17-6-3-11(4-7-17)2-5-15-13(19)10-18-9-12(14)8-16-18/h8-9,11H,2-7,10,14H2,1H3,(H,15,19). The SMILES string of the molecule is CN1CCC(CCNC(=O)Cn2cc(N)cn2)CC1. The first kappa shape index (κ1) is 13.9. The molecule has 0 aliphatic carbocycles. The molecule has 1 aliphatic heterocycles. The fourth-order valence-corrected chi connectivity index (χ4v) is 2.44. The van der Waals surface area contributed by atoms with Crippen LogP contribution in [-0.4, -0.2) is 47.3 Å². The van der Waals surface area contributed by atoms with Gasteiger partial charge in [-0.2, -0.15) is 5.10 Å². The van der Waals surface area contributed by atoms with E-state index < -0.39 is 0 Å². The smallest absolute Gasteiger partial charge is 0.241 e. The Balaban J connectivity index is 1.61. The van der Waals surface area contributed by atoms with Crippen LogP contribution in [0.5, 0.6) is 0 Å². The number of nitrogen functional groups attached to an aromatic ring is 1. The van der Waals surface area contributed by atoms with Crippen molar-refractivity contribution in [1.82, 2.24) is 20.0 Å². The maximum absolute atomic E-state index is 11.7. The van der Waals surface area contributed by atoms with E-state index in [2.05, 4.69) is 22.4 Å². The summed E-state index contributed by atoms with van der Waals surface area (Å²) < 4.78 is 1.56. The van der Waals surface area contributed by atoms with Gasteiger partial charge in [-0.3, -0.25) is 9.48 Å². The van der Waals surface area contributed by atoms with Gasteiger partial charge in [0, 0.05) is 12.7 Å². The van der Waals surface area contributed by atoms with Gasteiger partial charge in [0.05, 0.1) is 11.9 Å². The molecule has 0 atom stereocenters. The van der Waals surface area contributed by atoms with Crippen molar-refractivity contribution >= 4 is 11.6 Å². The number of rotatable bonds is 5. The van der Waals surface area contributed by atoms with Crippen LogP contribution in [0.1, 0.15) is 19.3 Å². The third-order valence-electron chi connectivity index (χ3n) is 3.67. The third-order valence-corrected chi connectivity index (χ3v) is 3.67. The highest BCUT2D eigenvalue weighted by molar-refractivity contribution is 5.75. The summed E-state index contributed by atoms with van der Waals surface area (Å²) in [6, 6.07) is 0. The highest BCUT2D eigenvalue weighted by Gasteiger charge is 2.16. The largest absolute Gasteiger partial charge is 0.396 e. The average molecular weight is 265 g/mol. The molecule has 1 saturated heterocycles. The van der Waals surface area contributed by atoms with Crippen molar-refractivity contribution in [1.29, 1.82) is 0 Å². The van der Waals surface area contributed by atoms with E-state index in [0.717, 1.165) is 18.9 Å². The van der Waals surface area contributed by atoms with Crippen molar-refractivity contribution in [2.75, 3.05) is 32.4 Å². The molecule has 6 nitrogen and oxygen atoms in total. The molecule has 1 aliphatic rings. The summed E-state index contributed by atoms with van der Waals surface area (Å²) >= 11 is 0. The van der Waals surface area contributed by atoms with Gasteiger partial charge in [-0.05, 0) is 45.3 Å².